The molecule has 3 rings (SSSR count). The van der Waals surface area contributed by atoms with Gasteiger partial charge in [-0.15, -0.1) is 0 Å². The molecule has 6 nitrogen and oxygen atoms in total. The fraction of sp³-hybridized carbons (Fsp3) is 0.176. The molecule has 1 aliphatic heterocycles. The molecule has 1 N–H and O–H groups in total. The summed E-state index contributed by atoms with van der Waals surface area (Å²) in [6.45, 7) is 1.57. The fourth-order valence-electron chi connectivity index (χ4n) is 2.62. The summed E-state index contributed by atoms with van der Waals surface area (Å²) in [5, 5.41) is 2.75. The number of hydrogen-bond donors (Lipinski definition) is 1. The van der Waals surface area contributed by atoms with Crippen molar-refractivity contribution in [2.75, 3.05) is 15.4 Å². The van der Waals surface area contributed by atoms with Gasteiger partial charge >= 0.3 is 0 Å². The van der Waals surface area contributed by atoms with Gasteiger partial charge in [-0.25, -0.2) is 12.7 Å². The second-order valence-electron chi connectivity index (χ2n) is 5.77. The number of carbonyl (C=O) groups excluding carboxylic acids is 2. The molecule has 1 saturated heterocycles. The molecular formula is C17H15BrN2O4S. The summed E-state index contributed by atoms with van der Waals surface area (Å²) in [5.41, 5.74) is 1.03. The molecular weight excluding hydrogens is 408 g/mol. The van der Waals surface area contributed by atoms with Crippen LogP contribution in [0.2, 0.25) is 0 Å². The molecule has 0 bridgehead atoms. The van der Waals surface area contributed by atoms with Gasteiger partial charge in [0.15, 0.2) is 0 Å². The van der Waals surface area contributed by atoms with Crippen LogP contribution in [0.15, 0.2) is 53.0 Å². The molecule has 1 heterocycles. The molecule has 8 heteroatoms. The first-order valence-corrected chi connectivity index (χ1v) is 9.92. The Morgan fingerprint density at radius 2 is 1.92 bits per heavy atom. The molecule has 0 aliphatic carbocycles. The molecule has 25 heavy (non-hydrogen) atoms. The summed E-state index contributed by atoms with van der Waals surface area (Å²) in [6, 6.07) is 13.2. The predicted octanol–water partition coefficient (Wildman–Crippen LogP) is 3.01. The van der Waals surface area contributed by atoms with E-state index in [9.17, 15) is 18.0 Å². The van der Waals surface area contributed by atoms with Crippen LogP contribution in [0.5, 0.6) is 0 Å². The lowest BCUT2D eigenvalue weighted by atomic mass is 10.1. The molecule has 0 radical (unpaired) electrons. The summed E-state index contributed by atoms with van der Waals surface area (Å²) < 4.78 is 25.9. The zero-order chi connectivity index (χ0) is 18.2. The van der Waals surface area contributed by atoms with E-state index in [1.807, 2.05) is 6.07 Å². The minimum absolute atomic E-state index is 0.175. The lowest BCUT2D eigenvalue weighted by molar-refractivity contribution is -0.119. The maximum absolute atomic E-state index is 12.5. The summed E-state index contributed by atoms with van der Waals surface area (Å²) in [7, 11) is -3.70. The van der Waals surface area contributed by atoms with E-state index in [1.54, 1.807) is 37.3 Å². The number of carbonyl (C=O) groups is 2. The van der Waals surface area contributed by atoms with E-state index in [0.717, 1.165) is 8.78 Å². The number of para-hydroxylation sites is 1. The van der Waals surface area contributed by atoms with Gasteiger partial charge in [-0.05, 0) is 46.3 Å². The second kappa shape index (κ2) is 6.61. The zero-order valence-corrected chi connectivity index (χ0v) is 15.7. The van der Waals surface area contributed by atoms with E-state index in [-0.39, 0.29) is 17.0 Å². The highest BCUT2D eigenvalue weighted by Gasteiger charge is 2.42. The van der Waals surface area contributed by atoms with Crippen LogP contribution < -0.4 is 9.62 Å². The van der Waals surface area contributed by atoms with Crippen molar-refractivity contribution in [2.45, 2.75) is 6.92 Å². The van der Waals surface area contributed by atoms with Crippen LogP contribution in [0.1, 0.15) is 17.3 Å². The number of sulfonamides is 1. The molecule has 130 valence electrons. The van der Waals surface area contributed by atoms with Gasteiger partial charge < -0.3 is 5.32 Å². The average Bonchev–Trinajstić information content (AvgIpc) is 2.77. The largest absolute Gasteiger partial charge is 0.321 e. The number of anilines is 2. The van der Waals surface area contributed by atoms with Crippen LogP contribution in [0.4, 0.5) is 11.4 Å². The predicted molar refractivity (Wildman–Crippen MR) is 99.0 cm³/mol. The lowest BCUT2D eigenvalue weighted by Crippen LogP contribution is -2.30. The van der Waals surface area contributed by atoms with E-state index in [1.165, 1.54) is 12.1 Å². The van der Waals surface area contributed by atoms with Crippen molar-refractivity contribution in [1.29, 1.82) is 0 Å². The maximum Gasteiger partial charge on any atom is 0.255 e. The van der Waals surface area contributed by atoms with Crippen LogP contribution in [0, 0.1) is 5.92 Å². The van der Waals surface area contributed by atoms with Crippen molar-refractivity contribution in [1.82, 2.24) is 0 Å². The molecule has 0 spiro atoms. The number of benzene rings is 2. The Balaban J connectivity index is 1.91. The number of halogens is 1. The zero-order valence-electron chi connectivity index (χ0n) is 13.3. The number of rotatable bonds is 3. The third-order valence-corrected chi connectivity index (χ3v) is 6.39. The average molecular weight is 423 g/mol. The molecule has 2 amide bonds. The molecule has 2 aromatic carbocycles. The first kappa shape index (κ1) is 17.6. The standard InChI is InChI=1S/C17H15BrN2O4S/c1-11-10-25(23,24)20(17(11)22)13-6-4-5-12(9-13)16(21)19-15-8-3-2-7-14(15)18/h2-9,11H,10H2,1H3,(H,19,21). The fourth-order valence-corrected chi connectivity index (χ4v) is 4.81. The van der Waals surface area contributed by atoms with Crippen molar-refractivity contribution in [2.24, 2.45) is 5.92 Å². The molecule has 0 aromatic heterocycles. The van der Waals surface area contributed by atoms with Crippen molar-refractivity contribution in [3.05, 3.63) is 58.6 Å². The van der Waals surface area contributed by atoms with Gasteiger partial charge in [0.25, 0.3) is 5.91 Å². The number of nitrogens with zero attached hydrogens (tertiary/aromatic N) is 1. The summed E-state index contributed by atoms with van der Waals surface area (Å²) in [4.78, 5) is 24.6. The number of hydrogen-bond acceptors (Lipinski definition) is 4. The molecule has 1 atom stereocenters. The van der Waals surface area contributed by atoms with Crippen molar-refractivity contribution >= 4 is 49.1 Å². The first-order chi connectivity index (χ1) is 11.8. The lowest BCUT2D eigenvalue weighted by Gasteiger charge is -2.16. The third-order valence-electron chi connectivity index (χ3n) is 3.83. The highest BCUT2D eigenvalue weighted by atomic mass is 79.9. The monoisotopic (exact) mass is 422 g/mol. The topological polar surface area (TPSA) is 83.6 Å². The van der Waals surface area contributed by atoms with Gasteiger partial charge in [-0.2, -0.15) is 0 Å². The molecule has 0 saturated carbocycles. The van der Waals surface area contributed by atoms with Crippen LogP contribution in [0.25, 0.3) is 0 Å². The van der Waals surface area contributed by atoms with Gasteiger partial charge in [-0.3, -0.25) is 9.59 Å². The minimum Gasteiger partial charge on any atom is -0.321 e. The van der Waals surface area contributed by atoms with E-state index in [0.29, 0.717) is 5.69 Å². The van der Waals surface area contributed by atoms with Crippen molar-refractivity contribution < 1.29 is 18.0 Å². The van der Waals surface area contributed by atoms with E-state index in [2.05, 4.69) is 21.2 Å². The highest BCUT2D eigenvalue weighted by molar-refractivity contribution is 9.10. The van der Waals surface area contributed by atoms with Crippen LogP contribution in [-0.2, 0) is 14.8 Å². The van der Waals surface area contributed by atoms with Gasteiger partial charge in [0, 0.05) is 10.0 Å². The smallest absolute Gasteiger partial charge is 0.255 e. The Bertz CT molecular complexity index is 959. The third kappa shape index (κ3) is 3.45. The minimum atomic E-state index is -3.70. The summed E-state index contributed by atoms with van der Waals surface area (Å²) in [6.07, 6.45) is 0. The molecule has 1 aliphatic rings. The van der Waals surface area contributed by atoms with Crippen LogP contribution in [-0.4, -0.2) is 26.0 Å². The van der Waals surface area contributed by atoms with Gasteiger partial charge in [0.05, 0.1) is 23.0 Å². The van der Waals surface area contributed by atoms with Gasteiger partial charge in [0.2, 0.25) is 15.9 Å². The summed E-state index contributed by atoms with van der Waals surface area (Å²) >= 11 is 3.35. The Labute approximate surface area is 154 Å². The maximum atomic E-state index is 12.5. The normalized spacial score (nSPS) is 19.0. The Hall–Kier alpha value is -2.19. The SMILES string of the molecule is CC1CS(=O)(=O)N(c2cccc(C(=O)Nc3ccccc3Br)c2)C1=O. The highest BCUT2D eigenvalue weighted by Crippen LogP contribution is 2.29. The van der Waals surface area contributed by atoms with Crippen molar-refractivity contribution in [3.63, 3.8) is 0 Å². The quantitative estimate of drug-likeness (QED) is 0.823. The Morgan fingerprint density at radius 1 is 1.20 bits per heavy atom. The van der Waals surface area contributed by atoms with Gasteiger partial charge in [-0.1, -0.05) is 25.1 Å². The van der Waals surface area contributed by atoms with E-state index in [4.69, 9.17) is 0 Å². The van der Waals surface area contributed by atoms with E-state index >= 15 is 0 Å². The van der Waals surface area contributed by atoms with Gasteiger partial charge in [0.1, 0.15) is 0 Å². The van der Waals surface area contributed by atoms with Crippen LogP contribution in [0.3, 0.4) is 0 Å². The molecule has 1 fully saturated rings. The second-order valence-corrected chi connectivity index (χ2v) is 8.48. The number of amides is 2. The Kier molecular flexibility index (Phi) is 4.66. The van der Waals surface area contributed by atoms with E-state index < -0.39 is 27.8 Å². The number of nitrogens with one attached hydrogen (secondary N) is 1. The first-order valence-electron chi connectivity index (χ1n) is 7.52. The van der Waals surface area contributed by atoms with Crippen LogP contribution >= 0.6 is 15.9 Å². The molecule has 1 unspecified atom stereocenters. The Morgan fingerprint density at radius 3 is 2.56 bits per heavy atom. The summed E-state index contributed by atoms with van der Waals surface area (Å²) in [5.74, 6) is -1.70. The molecule has 2 aromatic rings. The van der Waals surface area contributed by atoms with Crippen molar-refractivity contribution in [3.8, 4) is 0 Å².